The summed E-state index contributed by atoms with van der Waals surface area (Å²) >= 11 is 0. The molecule has 2 N–H and O–H groups in total. The smallest absolute Gasteiger partial charge is 0.244 e. The standard InChI is InChI=1S/C25H40N4O6/c1-16(2)12-18(15-29(33)34)22(30)27-21(25(3,4)5)23(31)26-20(24(32)28(6)7)14-17-10-9-11-19(13-17)35-8/h9-11,13,16,18,20-21H,12,14-15H2,1-8H3,(H,26,31)(H,27,30)/t18-,20-,21-/m1/s1. The zero-order valence-corrected chi connectivity index (χ0v) is 22.1. The number of benzene rings is 1. The van der Waals surface area contributed by atoms with Gasteiger partial charge < -0.3 is 20.3 Å². The molecule has 0 bridgehead atoms. The summed E-state index contributed by atoms with van der Waals surface area (Å²) < 4.78 is 5.25. The molecular formula is C25H40N4O6. The lowest BCUT2D eigenvalue weighted by Crippen LogP contribution is -2.59. The lowest BCUT2D eigenvalue weighted by Gasteiger charge is -2.33. The van der Waals surface area contributed by atoms with Gasteiger partial charge >= 0.3 is 0 Å². The second-order valence-electron chi connectivity index (χ2n) is 10.5. The minimum Gasteiger partial charge on any atom is -0.497 e. The van der Waals surface area contributed by atoms with Crippen molar-refractivity contribution < 1.29 is 24.0 Å². The van der Waals surface area contributed by atoms with Crippen molar-refractivity contribution in [3.05, 3.63) is 39.9 Å². The second-order valence-corrected chi connectivity index (χ2v) is 10.5. The molecule has 0 unspecified atom stereocenters. The number of carbonyl (C=O) groups excluding carboxylic acids is 3. The molecule has 196 valence electrons. The normalized spacial score (nSPS) is 14.0. The maximum atomic E-state index is 13.4. The summed E-state index contributed by atoms with van der Waals surface area (Å²) in [7, 11) is 4.75. The predicted molar refractivity (Wildman–Crippen MR) is 134 cm³/mol. The van der Waals surface area contributed by atoms with Crippen molar-refractivity contribution in [2.24, 2.45) is 17.3 Å². The second kappa shape index (κ2) is 13.1. The molecule has 0 spiro atoms. The van der Waals surface area contributed by atoms with Gasteiger partial charge in [0.25, 0.3) is 0 Å². The third-order valence-corrected chi connectivity index (χ3v) is 5.54. The van der Waals surface area contributed by atoms with Gasteiger partial charge in [-0.05, 0) is 35.4 Å². The first-order chi connectivity index (χ1) is 16.1. The molecule has 10 nitrogen and oxygen atoms in total. The van der Waals surface area contributed by atoms with E-state index in [-0.39, 0.29) is 18.2 Å². The summed E-state index contributed by atoms with van der Waals surface area (Å²) in [6.45, 7) is 8.60. The molecule has 0 aliphatic rings. The number of nitrogens with zero attached hydrogens (tertiary/aromatic N) is 2. The first-order valence-corrected chi connectivity index (χ1v) is 11.7. The molecule has 0 aromatic heterocycles. The molecular weight excluding hydrogens is 452 g/mol. The average molecular weight is 493 g/mol. The van der Waals surface area contributed by atoms with Crippen LogP contribution in [0, 0.1) is 27.4 Å². The number of hydrogen-bond donors (Lipinski definition) is 2. The number of methoxy groups -OCH3 is 1. The molecule has 0 radical (unpaired) electrons. The van der Waals surface area contributed by atoms with Gasteiger partial charge in [0, 0.05) is 25.4 Å². The number of nitro groups is 1. The van der Waals surface area contributed by atoms with Gasteiger partial charge in [0.05, 0.1) is 7.11 Å². The predicted octanol–water partition coefficient (Wildman–Crippen LogP) is 2.28. The van der Waals surface area contributed by atoms with E-state index < -0.39 is 46.7 Å². The Kier molecular flexibility index (Phi) is 11.1. The molecule has 3 atom stereocenters. The maximum absolute atomic E-state index is 13.4. The van der Waals surface area contributed by atoms with Crippen LogP contribution in [0.2, 0.25) is 0 Å². The molecule has 0 fully saturated rings. The van der Waals surface area contributed by atoms with Gasteiger partial charge in [0.1, 0.15) is 23.8 Å². The van der Waals surface area contributed by atoms with E-state index in [1.54, 1.807) is 60.2 Å². The largest absolute Gasteiger partial charge is 0.497 e. The SMILES string of the molecule is COc1cccc(C[C@@H](NC(=O)[C@@H](NC(=O)[C@H](CC(C)C)C[N+](=O)[O-])C(C)(C)C)C(=O)N(C)C)c1. The fraction of sp³-hybridized carbons (Fsp3) is 0.640. The summed E-state index contributed by atoms with van der Waals surface area (Å²) in [5, 5.41) is 16.6. The van der Waals surface area contributed by atoms with Gasteiger partial charge in [-0.1, -0.05) is 46.8 Å². The highest BCUT2D eigenvalue weighted by atomic mass is 16.6. The van der Waals surface area contributed by atoms with E-state index >= 15 is 0 Å². The average Bonchev–Trinajstić information content (AvgIpc) is 2.74. The van der Waals surface area contributed by atoms with Gasteiger partial charge in [-0.25, -0.2) is 0 Å². The Balaban J connectivity index is 3.17. The molecule has 0 aliphatic heterocycles. The number of carbonyl (C=O) groups is 3. The summed E-state index contributed by atoms with van der Waals surface area (Å²) in [5.41, 5.74) is 0.0856. The lowest BCUT2D eigenvalue weighted by molar-refractivity contribution is -0.486. The van der Waals surface area contributed by atoms with Crippen molar-refractivity contribution in [1.29, 1.82) is 0 Å². The van der Waals surface area contributed by atoms with Crippen molar-refractivity contribution in [1.82, 2.24) is 15.5 Å². The molecule has 0 saturated heterocycles. The van der Waals surface area contributed by atoms with E-state index in [1.807, 2.05) is 19.9 Å². The fourth-order valence-electron chi connectivity index (χ4n) is 3.75. The monoisotopic (exact) mass is 492 g/mol. The minimum absolute atomic E-state index is 0.0672. The fourth-order valence-corrected chi connectivity index (χ4v) is 3.75. The Hall–Kier alpha value is -3.17. The van der Waals surface area contributed by atoms with Crippen LogP contribution in [0.25, 0.3) is 0 Å². The van der Waals surface area contributed by atoms with E-state index in [0.717, 1.165) is 5.56 Å². The number of ether oxygens (including phenoxy) is 1. The molecule has 0 heterocycles. The van der Waals surface area contributed by atoms with Crippen molar-refractivity contribution >= 4 is 17.7 Å². The van der Waals surface area contributed by atoms with Gasteiger partial charge in [0.15, 0.2) is 0 Å². The van der Waals surface area contributed by atoms with E-state index in [0.29, 0.717) is 12.2 Å². The third kappa shape index (κ3) is 9.92. The summed E-state index contributed by atoms with van der Waals surface area (Å²) in [5.74, 6) is -1.54. The number of amides is 3. The topological polar surface area (TPSA) is 131 Å². The molecule has 1 aromatic carbocycles. The van der Waals surface area contributed by atoms with Crippen molar-refractivity contribution in [2.75, 3.05) is 27.7 Å². The highest BCUT2D eigenvalue weighted by Crippen LogP contribution is 2.22. The Morgan fingerprint density at radius 3 is 2.23 bits per heavy atom. The molecule has 0 aliphatic carbocycles. The zero-order chi connectivity index (χ0) is 26.9. The zero-order valence-electron chi connectivity index (χ0n) is 22.1. The summed E-state index contributed by atoms with van der Waals surface area (Å²) in [6, 6.07) is 5.33. The maximum Gasteiger partial charge on any atom is 0.244 e. The van der Waals surface area contributed by atoms with Crippen molar-refractivity contribution in [3.8, 4) is 5.75 Å². The van der Waals surface area contributed by atoms with Crippen LogP contribution in [0.3, 0.4) is 0 Å². The Labute approximate surface area is 207 Å². The van der Waals surface area contributed by atoms with E-state index in [9.17, 15) is 24.5 Å². The third-order valence-electron chi connectivity index (χ3n) is 5.54. The molecule has 1 rings (SSSR count). The number of hydrogen-bond acceptors (Lipinski definition) is 6. The van der Waals surface area contributed by atoms with Gasteiger partial charge in [-0.3, -0.25) is 24.5 Å². The number of nitrogens with one attached hydrogen (secondary N) is 2. The summed E-state index contributed by atoms with van der Waals surface area (Å²) in [4.78, 5) is 51.3. The highest BCUT2D eigenvalue weighted by Gasteiger charge is 2.37. The Morgan fingerprint density at radius 2 is 1.74 bits per heavy atom. The van der Waals surface area contributed by atoms with E-state index in [1.165, 1.54) is 4.90 Å². The van der Waals surface area contributed by atoms with Crippen molar-refractivity contribution in [3.63, 3.8) is 0 Å². The summed E-state index contributed by atoms with van der Waals surface area (Å²) in [6.07, 6.45) is 0.547. The minimum atomic E-state index is -1.00. The molecule has 1 aromatic rings. The van der Waals surface area contributed by atoms with Crippen LogP contribution >= 0.6 is 0 Å². The van der Waals surface area contributed by atoms with Gasteiger partial charge in [-0.2, -0.15) is 0 Å². The number of likely N-dealkylation sites (N-methyl/N-ethyl adjacent to an activating group) is 1. The van der Waals surface area contributed by atoms with Crippen molar-refractivity contribution in [2.45, 2.75) is 59.5 Å². The van der Waals surface area contributed by atoms with Crippen LogP contribution in [0.4, 0.5) is 0 Å². The first-order valence-electron chi connectivity index (χ1n) is 11.7. The Bertz CT molecular complexity index is 894. The number of rotatable bonds is 12. The quantitative estimate of drug-likeness (QED) is 0.340. The first kappa shape index (κ1) is 29.9. The Morgan fingerprint density at radius 1 is 1.11 bits per heavy atom. The van der Waals surface area contributed by atoms with Crippen LogP contribution in [0.15, 0.2) is 24.3 Å². The molecule has 3 amide bonds. The highest BCUT2D eigenvalue weighted by molar-refractivity contribution is 5.93. The van der Waals surface area contributed by atoms with Crippen LogP contribution in [0.1, 0.15) is 46.6 Å². The molecule has 35 heavy (non-hydrogen) atoms. The van der Waals surface area contributed by atoms with Crippen LogP contribution in [-0.2, 0) is 20.8 Å². The lowest BCUT2D eigenvalue weighted by atomic mass is 9.85. The molecule has 10 heteroatoms. The van der Waals surface area contributed by atoms with E-state index in [4.69, 9.17) is 4.74 Å². The van der Waals surface area contributed by atoms with Crippen LogP contribution < -0.4 is 15.4 Å². The van der Waals surface area contributed by atoms with Gasteiger partial charge in [-0.15, -0.1) is 0 Å². The van der Waals surface area contributed by atoms with Crippen LogP contribution in [0.5, 0.6) is 5.75 Å². The molecule has 0 saturated carbocycles. The van der Waals surface area contributed by atoms with Gasteiger partial charge in [0.2, 0.25) is 24.3 Å². The van der Waals surface area contributed by atoms with E-state index in [2.05, 4.69) is 10.6 Å². The van der Waals surface area contributed by atoms with Crippen LogP contribution in [-0.4, -0.2) is 67.4 Å².